The summed E-state index contributed by atoms with van der Waals surface area (Å²) in [4.78, 5) is 3.54. The van der Waals surface area contributed by atoms with Gasteiger partial charge in [0.05, 0.1) is 22.8 Å². The Bertz CT molecular complexity index is 2500. The van der Waals surface area contributed by atoms with E-state index in [9.17, 15) is 38.9 Å². The first-order valence-corrected chi connectivity index (χ1v) is 19.6. The summed E-state index contributed by atoms with van der Waals surface area (Å²) in [7, 11) is -13.5. The van der Waals surface area contributed by atoms with Crippen LogP contribution in [0.5, 0.6) is 0 Å². The van der Waals surface area contributed by atoms with Crippen molar-refractivity contribution in [3.05, 3.63) is 162 Å². The molecule has 0 saturated heterocycles. The Kier molecular flexibility index (Phi) is 14.2. The average molecular weight is 802 g/mol. The number of rotatable bonds is 10. The number of aliphatic imine (C=N–C) groups is 1. The Balaban J connectivity index is 0.00000325. The molecule has 0 unspecified atom stereocenters. The quantitative estimate of drug-likeness (QED) is 0.102. The standard InChI is InChI=1S/C37H29N3O9S3.2Na/c41-50(42,43)34-10-4-1-7-31(34)38-28-19-13-25(14-20-28)37(26-15-21-29(22-16-26)39-32-8-2-5-11-35(32)51(44,45)46)27-17-23-30(24-18-27)40-33-9-3-6-12-36(33)52(47,48)49;;/h1-24,38-39H,(H,41,42,43)(H,44,45,46)(H,47,48,49);;/q;2*+1. The van der Waals surface area contributed by atoms with Crippen LogP contribution in [0.4, 0.5) is 28.4 Å². The predicted molar refractivity (Wildman–Crippen MR) is 200 cm³/mol. The van der Waals surface area contributed by atoms with Crippen LogP contribution >= 0.6 is 0 Å². The second kappa shape index (κ2) is 17.8. The van der Waals surface area contributed by atoms with E-state index in [-0.39, 0.29) is 90.9 Å². The van der Waals surface area contributed by atoms with E-state index in [2.05, 4.69) is 15.6 Å². The smallest absolute Gasteiger partial charge is 0.354 e. The molecule has 0 spiro atoms. The molecule has 0 aromatic heterocycles. The van der Waals surface area contributed by atoms with Crippen molar-refractivity contribution in [2.24, 2.45) is 4.99 Å². The van der Waals surface area contributed by atoms with Gasteiger partial charge in [0.2, 0.25) is 0 Å². The first-order chi connectivity index (χ1) is 24.7. The predicted octanol–water partition coefficient (Wildman–Crippen LogP) is 1.62. The van der Waals surface area contributed by atoms with Crippen LogP contribution in [0.25, 0.3) is 5.57 Å². The zero-order valence-corrected chi connectivity index (χ0v) is 35.3. The van der Waals surface area contributed by atoms with Crippen molar-refractivity contribution in [1.29, 1.82) is 0 Å². The van der Waals surface area contributed by atoms with Gasteiger partial charge in [-0.15, -0.1) is 0 Å². The number of hydrogen-bond donors (Lipinski definition) is 5. The monoisotopic (exact) mass is 801 g/mol. The Hall–Kier alpha value is -3.68. The van der Waals surface area contributed by atoms with Crippen LogP contribution < -0.4 is 69.7 Å². The van der Waals surface area contributed by atoms with E-state index in [1.165, 1.54) is 54.6 Å². The zero-order chi connectivity index (χ0) is 37.1. The average Bonchev–Trinajstić information content (AvgIpc) is 3.10. The van der Waals surface area contributed by atoms with Crippen molar-refractivity contribution < 1.29 is 98.0 Å². The maximum atomic E-state index is 11.9. The van der Waals surface area contributed by atoms with Gasteiger partial charge in [0.1, 0.15) is 14.7 Å². The summed E-state index contributed by atoms with van der Waals surface area (Å²) in [6.07, 6.45) is 6.99. The second-order valence-electron chi connectivity index (χ2n) is 11.3. The van der Waals surface area contributed by atoms with Gasteiger partial charge in [0.15, 0.2) is 0 Å². The molecular weight excluding hydrogens is 773 g/mol. The number of nitrogens with one attached hydrogen (secondary N) is 2. The van der Waals surface area contributed by atoms with Crippen LogP contribution in [-0.2, 0) is 30.4 Å². The molecule has 12 nitrogen and oxygen atoms in total. The molecule has 54 heavy (non-hydrogen) atoms. The number of hydrogen-bond acceptors (Lipinski definition) is 9. The molecule has 17 heteroatoms. The zero-order valence-electron chi connectivity index (χ0n) is 28.8. The van der Waals surface area contributed by atoms with Crippen LogP contribution in [0.3, 0.4) is 0 Å². The fraction of sp³-hybridized carbons (Fsp3) is 0. The van der Waals surface area contributed by atoms with Crippen LogP contribution in [0, 0.1) is 0 Å². The van der Waals surface area contributed by atoms with Crippen LogP contribution in [0.1, 0.15) is 11.1 Å². The van der Waals surface area contributed by atoms with Crippen molar-refractivity contribution in [3.63, 3.8) is 0 Å². The van der Waals surface area contributed by atoms with E-state index >= 15 is 0 Å². The molecule has 1 aliphatic rings. The summed E-state index contributed by atoms with van der Waals surface area (Å²) in [5.74, 6) is 0. The Labute approximate surface area is 357 Å². The largest absolute Gasteiger partial charge is 1.00 e. The van der Waals surface area contributed by atoms with Gasteiger partial charge in [0.25, 0.3) is 30.4 Å². The minimum atomic E-state index is -4.51. The molecule has 0 fully saturated rings. The molecule has 264 valence electrons. The van der Waals surface area contributed by atoms with Crippen LogP contribution in [0.2, 0.25) is 0 Å². The maximum Gasteiger partial charge on any atom is 1.00 e. The number of para-hydroxylation sites is 3. The molecule has 0 amide bonds. The van der Waals surface area contributed by atoms with Crippen molar-refractivity contribution in [1.82, 2.24) is 0 Å². The fourth-order valence-corrected chi connectivity index (χ4v) is 7.37. The van der Waals surface area contributed by atoms with Gasteiger partial charge < -0.3 is 10.6 Å². The van der Waals surface area contributed by atoms with Gasteiger partial charge in [-0.3, -0.25) is 13.7 Å². The Morgan fingerprint density at radius 2 is 0.833 bits per heavy atom. The molecule has 0 radical (unpaired) electrons. The maximum absolute atomic E-state index is 11.9. The van der Waals surface area contributed by atoms with Crippen LogP contribution in [0.15, 0.2) is 171 Å². The third-order valence-corrected chi connectivity index (χ3v) is 10.5. The van der Waals surface area contributed by atoms with E-state index in [0.717, 1.165) is 22.3 Å². The van der Waals surface area contributed by atoms with Crippen molar-refractivity contribution in [3.8, 4) is 0 Å². The van der Waals surface area contributed by atoms with E-state index < -0.39 is 30.4 Å². The van der Waals surface area contributed by atoms with E-state index in [1.807, 2.05) is 24.3 Å². The number of nitrogens with zero attached hydrogens (tertiary/aromatic N) is 1. The fourth-order valence-electron chi connectivity index (χ4n) is 5.45. The molecule has 6 rings (SSSR count). The van der Waals surface area contributed by atoms with Gasteiger partial charge in [-0.25, -0.2) is 4.99 Å². The summed E-state index contributed by atoms with van der Waals surface area (Å²) in [6.45, 7) is 0. The van der Waals surface area contributed by atoms with Crippen molar-refractivity contribution in [2.45, 2.75) is 14.7 Å². The van der Waals surface area contributed by atoms with E-state index in [4.69, 9.17) is 0 Å². The van der Waals surface area contributed by atoms with Gasteiger partial charge in [-0.05, 0) is 95.1 Å². The molecule has 1 aliphatic carbocycles. The third-order valence-electron chi connectivity index (χ3n) is 7.78. The Morgan fingerprint density at radius 1 is 0.463 bits per heavy atom. The molecule has 0 saturated carbocycles. The van der Waals surface area contributed by atoms with Crippen molar-refractivity contribution >= 4 is 70.1 Å². The molecular formula is C37H29N3Na2O9S3+2. The van der Waals surface area contributed by atoms with Gasteiger partial charge >= 0.3 is 59.1 Å². The molecule has 5 aromatic rings. The van der Waals surface area contributed by atoms with E-state index in [1.54, 1.807) is 66.8 Å². The summed E-state index contributed by atoms with van der Waals surface area (Å²) in [6, 6.07) is 32.0. The molecule has 5 aromatic carbocycles. The first kappa shape index (κ1) is 43.1. The molecule has 5 N–H and O–H groups in total. The Morgan fingerprint density at radius 3 is 1.24 bits per heavy atom. The first-order valence-electron chi connectivity index (χ1n) is 15.3. The number of allylic oxidation sites excluding steroid dienone is 5. The van der Waals surface area contributed by atoms with Gasteiger partial charge in [0, 0.05) is 11.4 Å². The van der Waals surface area contributed by atoms with Crippen LogP contribution in [-0.4, -0.2) is 44.6 Å². The normalized spacial score (nSPS) is 12.6. The second-order valence-corrected chi connectivity index (χ2v) is 15.5. The minimum absolute atomic E-state index is 0. The number of benzene rings is 5. The third kappa shape index (κ3) is 10.5. The van der Waals surface area contributed by atoms with Gasteiger partial charge in [-0.2, -0.15) is 25.3 Å². The molecule has 0 aliphatic heterocycles. The minimum Gasteiger partial charge on any atom is -0.354 e. The summed E-state index contributed by atoms with van der Waals surface area (Å²) < 4.78 is 100. The summed E-state index contributed by atoms with van der Waals surface area (Å²) >= 11 is 0. The molecule has 0 bridgehead atoms. The van der Waals surface area contributed by atoms with E-state index in [0.29, 0.717) is 17.1 Å². The summed E-state index contributed by atoms with van der Waals surface area (Å²) in [5.41, 5.74) is 4.99. The summed E-state index contributed by atoms with van der Waals surface area (Å²) in [5, 5.41) is 6.05. The molecule has 0 heterocycles. The van der Waals surface area contributed by atoms with Crippen molar-refractivity contribution in [2.75, 3.05) is 10.6 Å². The molecule has 0 atom stereocenters. The topological polar surface area (TPSA) is 200 Å². The number of anilines is 4. The SMILES string of the molecule is O=S(=O)(O)c1ccccc1N=C1C=CC(=C(c2ccc(Nc3ccccc3S(=O)(=O)O)cc2)c2ccc(Nc3ccccc3S(=O)(=O)O)cc2)C=C1.[Na+].[Na+]. The van der Waals surface area contributed by atoms with Gasteiger partial charge in [-0.1, -0.05) is 72.8 Å².